The number of benzene rings is 2. The Balaban J connectivity index is 1.83. The topological polar surface area (TPSA) is 49.9 Å². The molecule has 31 heavy (non-hydrogen) atoms. The Labute approximate surface area is 186 Å². The van der Waals surface area contributed by atoms with Gasteiger partial charge in [-0.25, -0.2) is 9.29 Å². The molecule has 2 aliphatic heterocycles. The summed E-state index contributed by atoms with van der Waals surface area (Å²) in [7, 11) is 1.57. The van der Waals surface area contributed by atoms with Gasteiger partial charge in [-0.2, -0.15) is 0 Å². The van der Waals surface area contributed by atoms with E-state index in [1.165, 1.54) is 12.1 Å². The van der Waals surface area contributed by atoms with Gasteiger partial charge < -0.3 is 9.64 Å². The van der Waals surface area contributed by atoms with E-state index in [-0.39, 0.29) is 10.7 Å². The van der Waals surface area contributed by atoms with Crippen LogP contribution in [0.25, 0.3) is 5.57 Å². The van der Waals surface area contributed by atoms with Crippen LogP contribution in [0.3, 0.4) is 0 Å². The fraction of sp³-hybridized carbons (Fsp3) is 0.333. The van der Waals surface area contributed by atoms with Gasteiger partial charge in [0.2, 0.25) is 0 Å². The van der Waals surface area contributed by atoms with Crippen molar-refractivity contribution >= 4 is 34.7 Å². The van der Waals surface area contributed by atoms with Gasteiger partial charge in [-0.3, -0.25) is 9.59 Å². The lowest BCUT2D eigenvalue weighted by atomic mass is 9.91. The van der Waals surface area contributed by atoms with E-state index in [0.717, 1.165) is 17.4 Å². The molecule has 2 heterocycles. The first-order chi connectivity index (χ1) is 14.8. The summed E-state index contributed by atoms with van der Waals surface area (Å²) in [4.78, 5) is 30.2. The van der Waals surface area contributed by atoms with Crippen LogP contribution in [0.15, 0.2) is 48.2 Å². The lowest BCUT2D eigenvalue weighted by Gasteiger charge is -2.37. The standard InChI is InChI=1S/C24H24ClFN2O3/c1-14-10-15(2)13-27(12-14)22-21(16-4-7-18(31-3)8-5-16)23(29)28(24(22)30)17-6-9-20(26)19(25)11-17/h4-9,11,14-15H,10,12-13H2,1-3H3. The minimum atomic E-state index is -0.605. The van der Waals surface area contributed by atoms with Crippen molar-refractivity contribution < 1.29 is 18.7 Å². The highest BCUT2D eigenvalue weighted by Crippen LogP contribution is 2.38. The molecule has 0 saturated carbocycles. The van der Waals surface area contributed by atoms with Crippen molar-refractivity contribution in [1.29, 1.82) is 0 Å². The Bertz CT molecular complexity index is 1060. The number of rotatable bonds is 4. The molecule has 0 radical (unpaired) electrons. The van der Waals surface area contributed by atoms with Crippen LogP contribution in [-0.2, 0) is 9.59 Å². The number of hydrogen-bond donors (Lipinski definition) is 0. The second kappa shape index (κ2) is 8.35. The van der Waals surface area contributed by atoms with Gasteiger partial charge in [0.25, 0.3) is 11.8 Å². The molecule has 0 aromatic heterocycles. The predicted octanol–water partition coefficient (Wildman–Crippen LogP) is 4.75. The number of carbonyl (C=O) groups is 2. The maximum Gasteiger partial charge on any atom is 0.282 e. The van der Waals surface area contributed by atoms with Crippen LogP contribution in [0.5, 0.6) is 5.75 Å². The molecule has 1 saturated heterocycles. The van der Waals surface area contributed by atoms with E-state index >= 15 is 0 Å². The van der Waals surface area contributed by atoms with E-state index in [2.05, 4.69) is 13.8 Å². The zero-order valence-electron chi connectivity index (χ0n) is 17.7. The van der Waals surface area contributed by atoms with Crippen molar-refractivity contribution in [2.24, 2.45) is 11.8 Å². The van der Waals surface area contributed by atoms with Crippen LogP contribution in [-0.4, -0.2) is 36.9 Å². The Morgan fingerprint density at radius 2 is 1.65 bits per heavy atom. The van der Waals surface area contributed by atoms with Gasteiger partial charge >= 0.3 is 0 Å². The summed E-state index contributed by atoms with van der Waals surface area (Å²) >= 11 is 5.94. The molecule has 0 bridgehead atoms. The maximum absolute atomic E-state index is 13.7. The summed E-state index contributed by atoms with van der Waals surface area (Å²) in [5, 5.41) is -0.141. The second-order valence-corrected chi connectivity index (χ2v) is 8.75. The second-order valence-electron chi connectivity index (χ2n) is 8.35. The largest absolute Gasteiger partial charge is 0.497 e. The van der Waals surface area contributed by atoms with Crippen LogP contribution in [0.2, 0.25) is 5.02 Å². The Kier molecular flexibility index (Phi) is 5.75. The molecule has 2 amide bonds. The molecule has 0 spiro atoms. The van der Waals surface area contributed by atoms with Gasteiger partial charge in [0, 0.05) is 13.1 Å². The molecule has 0 N–H and O–H groups in total. The van der Waals surface area contributed by atoms with E-state index < -0.39 is 17.6 Å². The monoisotopic (exact) mass is 442 g/mol. The molecular weight excluding hydrogens is 419 g/mol. The highest BCUT2D eigenvalue weighted by atomic mass is 35.5. The first-order valence-corrected chi connectivity index (χ1v) is 10.7. The molecule has 2 aliphatic rings. The first-order valence-electron chi connectivity index (χ1n) is 10.3. The minimum absolute atomic E-state index is 0.141. The van der Waals surface area contributed by atoms with Crippen LogP contribution < -0.4 is 9.64 Å². The van der Waals surface area contributed by atoms with Gasteiger partial charge in [-0.15, -0.1) is 0 Å². The number of nitrogens with zero attached hydrogens (tertiary/aromatic N) is 2. The van der Waals surface area contributed by atoms with Crippen molar-refractivity contribution in [3.05, 3.63) is 64.6 Å². The number of likely N-dealkylation sites (tertiary alicyclic amines) is 1. The average molecular weight is 443 g/mol. The van der Waals surface area contributed by atoms with Gasteiger partial charge in [0.15, 0.2) is 0 Å². The minimum Gasteiger partial charge on any atom is -0.497 e. The molecule has 162 valence electrons. The third-order valence-corrected chi connectivity index (χ3v) is 6.07. The van der Waals surface area contributed by atoms with E-state index in [0.29, 0.717) is 47.5 Å². The highest BCUT2D eigenvalue weighted by molar-refractivity contribution is 6.45. The number of halogens is 2. The van der Waals surface area contributed by atoms with Crippen LogP contribution >= 0.6 is 11.6 Å². The van der Waals surface area contributed by atoms with Gasteiger partial charge in [-0.05, 0) is 54.2 Å². The molecular formula is C24H24ClFN2O3. The molecule has 4 rings (SSSR count). The fourth-order valence-electron chi connectivity index (χ4n) is 4.53. The number of anilines is 1. The Hall–Kier alpha value is -2.86. The molecule has 5 nitrogen and oxygen atoms in total. The number of piperidine rings is 1. The number of methoxy groups -OCH3 is 1. The van der Waals surface area contributed by atoms with Crippen molar-refractivity contribution in [3.8, 4) is 5.75 Å². The number of amides is 2. The van der Waals surface area contributed by atoms with Crippen molar-refractivity contribution in [1.82, 2.24) is 4.90 Å². The van der Waals surface area contributed by atoms with Gasteiger partial charge in [-0.1, -0.05) is 37.6 Å². The van der Waals surface area contributed by atoms with Crippen LogP contribution in [0.1, 0.15) is 25.8 Å². The number of hydrogen-bond acceptors (Lipinski definition) is 4. The lowest BCUT2D eigenvalue weighted by molar-refractivity contribution is -0.120. The Morgan fingerprint density at radius 3 is 2.23 bits per heavy atom. The van der Waals surface area contributed by atoms with Gasteiger partial charge in [0.1, 0.15) is 17.3 Å². The molecule has 2 aromatic rings. The SMILES string of the molecule is COc1ccc(C2=C(N3CC(C)CC(C)C3)C(=O)N(c3ccc(F)c(Cl)c3)C2=O)cc1. The van der Waals surface area contributed by atoms with E-state index in [4.69, 9.17) is 16.3 Å². The number of imide groups is 1. The average Bonchev–Trinajstić information content (AvgIpc) is 2.99. The summed E-state index contributed by atoms with van der Waals surface area (Å²) in [5.74, 6) is -0.0218. The third kappa shape index (κ3) is 3.92. The van der Waals surface area contributed by atoms with Crippen molar-refractivity contribution in [3.63, 3.8) is 0 Å². The molecule has 2 aromatic carbocycles. The fourth-order valence-corrected chi connectivity index (χ4v) is 4.71. The Morgan fingerprint density at radius 1 is 1.00 bits per heavy atom. The van der Waals surface area contributed by atoms with E-state index in [1.54, 1.807) is 31.4 Å². The molecule has 2 unspecified atom stereocenters. The normalized spacial score (nSPS) is 21.8. The summed E-state index contributed by atoms with van der Waals surface area (Å²) < 4.78 is 18.9. The summed E-state index contributed by atoms with van der Waals surface area (Å²) in [5.41, 5.74) is 1.61. The third-order valence-electron chi connectivity index (χ3n) is 5.78. The smallest absolute Gasteiger partial charge is 0.282 e. The first kappa shape index (κ1) is 21.4. The summed E-state index contributed by atoms with van der Waals surface area (Å²) in [6.07, 6.45) is 1.07. The lowest BCUT2D eigenvalue weighted by Crippen LogP contribution is -2.42. The van der Waals surface area contributed by atoms with Crippen LogP contribution in [0, 0.1) is 17.7 Å². The van der Waals surface area contributed by atoms with E-state index in [1.807, 2.05) is 4.90 Å². The number of ether oxygens (including phenoxy) is 1. The summed E-state index contributed by atoms with van der Waals surface area (Å²) in [6, 6.07) is 10.9. The zero-order chi connectivity index (χ0) is 22.3. The molecule has 1 fully saturated rings. The van der Waals surface area contributed by atoms with E-state index in [9.17, 15) is 14.0 Å². The highest BCUT2D eigenvalue weighted by Gasteiger charge is 2.43. The molecule has 0 aliphatic carbocycles. The zero-order valence-corrected chi connectivity index (χ0v) is 18.4. The summed E-state index contributed by atoms with van der Waals surface area (Å²) in [6.45, 7) is 5.68. The number of carbonyl (C=O) groups excluding carboxylic acids is 2. The molecule has 2 atom stereocenters. The van der Waals surface area contributed by atoms with Gasteiger partial charge in [0.05, 0.1) is 23.4 Å². The van der Waals surface area contributed by atoms with Crippen LogP contribution in [0.4, 0.5) is 10.1 Å². The quantitative estimate of drug-likeness (QED) is 0.641. The van der Waals surface area contributed by atoms with Crippen molar-refractivity contribution in [2.45, 2.75) is 20.3 Å². The predicted molar refractivity (Wildman–Crippen MR) is 118 cm³/mol. The maximum atomic E-state index is 13.7. The van der Waals surface area contributed by atoms with Crippen molar-refractivity contribution in [2.75, 3.05) is 25.1 Å². The molecule has 7 heteroatoms.